The predicted molar refractivity (Wildman–Crippen MR) is 104 cm³/mol. The Bertz CT molecular complexity index is 1090. The molecule has 0 saturated heterocycles. The Morgan fingerprint density at radius 3 is 2.79 bits per heavy atom. The second-order valence-electron chi connectivity index (χ2n) is 6.79. The van der Waals surface area contributed by atoms with Gasteiger partial charge in [-0.25, -0.2) is 9.37 Å². The van der Waals surface area contributed by atoms with Gasteiger partial charge in [0.25, 0.3) is 5.91 Å². The number of halogens is 2. The lowest BCUT2D eigenvalue weighted by atomic mass is 10.0. The quantitative estimate of drug-likeness (QED) is 0.721. The molecular formula is C20H18ClFN4O2. The van der Waals surface area contributed by atoms with Crippen LogP contribution in [0, 0.1) is 5.82 Å². The van der Waals surface area contributed by atoms with Gasteiger partial charge in [-0.05, 0) is 36.8 Å². The minimum absolute atomic E-state index is 0.269. The Morgan fingerprint density at radius 2 is 2.07 bits per heavy atom. The Kier molecular flexibility index (Phi) is 4.64. The largest absolute Gasteiger partial charge is 0.383 e. The molecule has 0 bridgehead atoms. The Hall–Kier alpha value is -2.77. The van der Waals surface area contributed by atoms with Crippen LogP contribution in [0.5, 0.6) is 0 Å². The van der Waals surface area contributed by atoms with Crippen LogP contribution in [0.4, 0.5) is 10.2 Å². The fourth-order valence-corrected chi connectivity index (χ4v) is 3.59. The van der Waals surface area contributed by atoms with E-state index in [4.69, 9.17) is 22.1 Å². The van der Waals surface area contributed by atoms with Crippen LogP contribution in [0.2, 0.25) is 5.02 Å². The highest BCUT2D eigenvalue weighted by Gasteiger charge is 2.25. The molecule has 3 aromatic rings. The number of ether oxygens (including phenoxy) is 1. The molecule has 2 N–H and O–H groups in total. The minimum atomic E-state index is -0.426. The first-order chi connectivity index (χ1) is 13.4. The van der Waals surface area contributed by atoms with Crippen LogP contribution < -0.4 is 5.73 Å². The average Bonchev–Trinajstić information content (AvgIpc) is 3.17. The molecule has 8 heteroatoms. The molecule has 0 unspecified atom stereocenters. The van der Waals surface area contributed by atoms with Gasteiger partial charge in [0.2, 0.25) is 0 Å². The van der Waals surface area contributed by atoms with E-state index in [0.29, 0.717) is 35.8 Å². The third kappa shape index (κ3) is 3.06. The van der Waals surface area contributed by atoms with Crippen LogP contribution in [-0.2, 0) is 18.0 Å². The first-order valence-corrected chi connectivity index (χ1v) is 9.11. The number of aromatic nitrogens is 2. The van der Waals surface area contributed by atoms with Crippen LogP contribution in [-0.4, -0.2) is 27.8 Å². The van der Waals surface area contributed by atoms with Gasteiger partial charge in [-0.2, -0.15) is 0 Å². The van der Waals surface area contributed by atoms with E-state index < -0.39 is 5.82 Å². The molecule has 1 amide bonds. The van der Waals surface area contributed by atoms with Gasteiger partial charge in [0.15, 0.2) is 0 Å². The van der Waals surface area contributed by atoms with E-state index in [1.807, 2.05) is 6.92 Å². The van der Waals surface area contributed by atoms with Crippen molar-refractivity contribution >= 4 is 34.2 Å². The van der Waals surface area contributed by atoms with Crippen LogP contribution in [0.25, 0.3) is 10.9 Å². The summed E-state index contributed by atoms with van der Waals surface area (Å²) in [6, 6.07) is 5.90. The summed E-state index contributed by atoms with van der Waals surface area (Å²) in [5, 5.41) is 1.09. The van der Waals surface area contributed by atoms with Crippen molar-refractivity contribution in [2.75, 3.05) is 12.8 Å². The van der Waals surface area contributed by atoms with Crippen LogP contribution in [0.3, 0.4) is 0 Å². The van der Waals surface area contributed by atoms with E-state index in [-0.39, 0.29) is 17.0 Å². The normalized spacial score (nSPS) is 14.1. The number of anilines is 1. The molecule has 0 spiro atoms. The third-order valence-corrected chi connectivity index (χ3v) is 5.44. The maximum absolute atomic E-state index is 13.1. The van der Waals surface area contributed by atoms with Crippen molar-refractivity contribution in [2.45, 2.75) is 26.2 Å². The second-order valence-corrected chi connectivity index (χ2v) is 7.20. The first-order valence-electron chi connectivity index (χ1n) is 8.73. The number of rotatable bonds is 3. The molecule has 1 atom stereocenters. The maximum Gasteiger partial charge on any atom is 0.255 e. The van der Waals surface area contributed by atoms with Crippen molar-refractivity contribution in [3.63, 3.8) is 0 Å². The number of benzene rings is 1. The van der Waals surface area contributed by atoms with E-state index in [2.05, 4.69) is 9.97 Å². The number of carbonyl (C=O) groups is 1. The molecule has 28 heavy (non-hydrogen) atoms. The zero-order valence-corrected chi connectivity index (χ0v) is 16.1. The molecule has 0 aliphatic carbocycles. The summed E-state index contributed by atoms with van der Waals surface area (Å²) in [7, 11) is 1.66. The molecule has 4 rings (SSSR count). The smallest absolute Gasteiger partial charge is 0.255 e. The standard InChI is InChI=1S/C20H18ClFN4O2/c1-10(17-4-3-11(22)7-24-17)26(2)20(27)13-5-12-14-8-28-9-15(14)19(23)25-18(12)6-16(13)21/h3-7,10H,8-9H2,1-2H3,(H2,23,25)/t10-/m1/s1. The van der Waals surface area contributed by atoms with Crippen LogP contribution in [0.15, 0.2) is 30.5 Å². The molecule has 6 nitrogen and oxygen atoms in total. The summed E-state index contributed by atoms with van der Waals surface area (Å²) < 4.78 is 18.6. The molecule has 0 saturated carbocycles. The molecule has 3 heterocycles. The van der Waals surface area contributed by atoms with E-state index in [1.54, 1.807) is 25.2 Å². The number of hydrogen-bond acceptors (Lipinski definition) is 5. The first kappa shape index (κ1) is 18.6. The number of carbonyl (C=O) groups excluding carboxylic acids is 1. The predicted octanol–water partition coefficient (Wildman–Crippen LogP) is 3.87. The van der Waals surface area contributed by atoms with E-state index in [1.165, 1.54) is 11.0 Å². The van der Waals surface area contributed by atoms with Crippen LogP contribution in [0.1, 0.15) is 40.1 Å². The topological polar surface area (TPSA) is 81.3 Å². The molecular weight excluding hydrogens is 383 g/mol. The highest BCUT2D eigenvalue weighted by molar-refractivity contribution is 6.34. The number of hydrogen-bond donors (Lipinski definition) is 1. The Morgan fingerprint density at radius 1 is 1.32 bits per heavy atom. The summed E-state index contributed by atoms with van der Waals surface area (Å²) in [6.45, 7) is 2.64. The molecule has 0 fully saturated rings. The molecule has 1 aliphatic heterocycles. The fraction of sp³-hybridized carbons (Fsp3) is 0.250. The average molecular weight is 401 g/mol. The number of nitrogens with zero attached hydrogens (tertiary/aromatic N) is 3. The zero-order chi connectivity index (χ0) is 20.0. The SMILES string of the molecule is C[C@H](c1ccc(F)cn1)N(C)C(=O)c1cc2c3c(c(N)nc2cc1Cl)COC3. The van der Waals surface area contributed by atoms with Gasteiger partial charge in [0, 0.05) is 18.0 Å². The summed E-state index contributed by atoms with van der Waals surface area (Å²) in [5.74, 6) is -0.274. The minimum Gasteiger partial charge on any atom is -0.383 e. The zero-order valence-electron chi connectivity index (χ0n) is 15.4. The highest BCUT2D eigenvalue weighted by atomic mass is 35.5. The van der Waals surface area contributed by atoms with E-state index >= 15 is 0 Å². The lowest BCUT2D eigenvalue weighted by molar-refractivity contribution is 0.0740. The fourth-order valence-electron chi connectivity index (χ4n) is 3.36. The molecule has 1 aliphatic rings. The van der Waals surface area contributed by atoms with Crippen molar-refractivity contribution in [2.24, 2.45) is 0 Å². The lowest BCUT2D eigenvalue weighted by Gasteiger charge is -2.25. The highest BCUT2D eigenvalue weighted by Crippen LogP contribution is 2.34. The molecule has 2 aromatic heterocycles. The Labute approximate surface area is 166 Å². The summed E-state index contributed by atoms with van der Waals surface area (Å²) in [4.78, 5) is 23.1. The summed E-state index contributed by atoms with van der Waals surface area (Å²) >= 11 is 6.39. The van der Waals surface area contributed by atoms with Gasteiger partial charge in [0.1, 0.15) is 11.6 Å². The van der Waals surface area contributed by atoms with Crippen molar-refractivity contribution in [1.29, 1.82) is 0 Å². The van der Waals surface area contributed by atoms with Gasteiger partial charge in [-0.1, -0.05) is 11.6 Å². The number of amides is 1. The van der Waals surface area contributed by atoms with Gasteiger partial charge in [0.05, 0.1) is 47.2 Å². The van der Waals surface area contributed by atoms with Crippen molar-refractivity contribution in [3.8, 4) is 0 Å². The van der Waals surface area contributed by atoms with Gasteiger partial charge in [-0.3, -0.25) is 9.78 Å². The monoisotopic (exact) mass is 400 g/mol. The third-order valence-electron chi connectivity index (χ3n) is 5.13. The van der Waals surface area contributed by atoms with E-state index in [9.17, 15) is 9.18 Å². The molecule has 1 aromatic carbocycles. The number of pyridine rings is 2. The second kappa shape index (κ2) is 7.00. The number of fused-ring (bicyclic) bond motifs is 3. The summed E-state index contributed by atoms with van der Waals surface area (Å²) in [6.07, 6.45) is 1.13. The van der Waals surface area contributed by atoms with E-state index in [0.717, 1.165) is 22.7 Å². The Balaban J connectivity index is 1.73. The number of nitrogen functional groups attached to an aromatic ring is 1. The van der Waals surface area contributed by atoms with Gasteiger partial charge < -0.3 is 15.4 Å². The number of nitrogens with two attached hydrogens (primary N) is 1. The van der Waals surface area contributed by atoms with Gasteiger partial charge in [-0.15, -0.1) is 0 Å². The van der Waals surface area contributed by atoms with Crippen molar-refractivity contribution in [1.82, 2.24) is 14.9 Å². The van der Waals surface area contributed by atoms with Crippen molar-refractivity contribution in [3.05, 3.63) is 63.7 Å². The molecule has 144 valence electrons. The maximum atomic E-state index is 13.1. The van der Waals surface area contributed by atoms with Gasteiger partial charge >= 0.3 is 0 Å². The molecule has 0 radical (unpaired) electrons. The summed E-state index contributed by atoms with van der Waals surface area (Å²) in [5.41, 5.74) is 9.35. The van der Waals surface area contributed by atoms with Crippen molar-refractivity contribution < 1.29 is 13.9 Å². The lowest BCUT2D eigenvalue weighted by Crippen LogP contribution is -2.30. The van der Waals surface area contributed by atoms with Crippen LogP contribution >= 0.6 is 11.6 Å².